The van der Waals surface area contributed by atoms with Crippen molar-refractivity contribution < 1.29 is 0 Å². The van der Waals surface area contributed by atoms with Crippen molar-refractivity contribution in [3.8, 4) is 39.1 Å². The zero-order chi connectivity index (χ0) is 41.0. The first-order chi connectivity index (χ1) is 30.7. The van der Waals surface area contributed by atoms with Crippen molar-refractivity contribution in [2.24, 2.45) is 0 Å². The molecule has 11 aromatic carbocycles. The molecular formula is C60H40N2. The molecular weight excluding hydrogens is 749 g/mol. The number of nitrogens with zero attached hydrogens (tertiary/aromatic N) is 2. The highest BCUT2D eigenvalue weighted by molar-refractivity contribution is 6.11. The van der Waals surface area contributed by atoms with E-state index in [2.05, 4.69) is 252 Å². The molecule has 0 spiro atoms. The first-order valence-electron chi connectivity index (χ1n) is 21.3. The molecule has 0 atom stereocenters. The highest BCUT2D eigenvalue weighted by Gasteiger charge is 2.17. The molecule has 0 saturated carbocycles. The summed E-state index contributed by atoms with van der Waals surface area (Å²) in [6, 6.07) is 88.5. The minimum atomic E-state index is 1.10. The van der Waals surface area contributed by atoms with Crippen molar-refractivity contribution in [1.29, 1.82) is 0 Å². The Bertz CT molecular complexity index is 3480. The summed E-state index contributed by atoms with van der Waals surface area (Å²) in [4.78, 5) is 2.36. The van der Waals surface area contributed by atoms with Gasteiger partial charge in [-0.25, -0.2) is 0 Å². The van der Waals surface area contributed by atoms with Gasteiger partial charge in [-0.15, -0.1) is 0 Å². The number of aromatic nitrogens is 1. The van der Waals surface area contributed by atoms with Crippen LogP contribution in [-0.4, -0.2) is 4.57 Å². The normalized spacial score (nSPS) is 11.5. The van der Waals surface area contributed by atoms with Crippen LogP contribution in [0.2, 0.25) is 0 Å². The van der Waals surface area contributed by atoms with Crippen LogP contribution >= 0.6 is 0 Å². The Kier molecular flexibility index (Phi) is 8.53. The van der Waals surface area contributed by atoms with E-state index in [4.69, 9.17) is 0 Å². The van der Waals surface area contributed by atoms with Gasteiger partial charge in [0.15, 0.2) is 0 Å². The number of benzene rings is 11. The molecule has 0 radical (unpaired) electrons. The van der Waals surface area contributed by atoms with Crippen LogP contribution in [0.3, 0.4) is 0 Å². The van der Waals surface area contributed by atoms with Gasteiger partial charge >= 0.3 is 0 Å². The first-order valence-corrected chi connectivity index (χ1v) is 21.3. The van der Waals surface area contributed by atoms with Crippen LogP contribution in [0.25, 0.3) is 93.2 Å². The fourth-order valence-electron chi connectivity index (χ4n) is 9.53. The quantitative estimate of drug-likeness (QED) is 0.156. The van der Waals surface area contributed by atoms with Gasteiger partial charge in [-0.05, 0) is 132 Å². The van der Waals surface area contributed by atoms with Gasteiger partial charge in [0.2, 0.25) is 0 Å². The average Bonchev–Trinajstić information content (AvgIpc) is 3.68. The van der Waals surface area contributed by atoms with E-state index in [0.29, 0.717) is 0 Å². The lowest BCUT2D eigenvalue weighted by atomic mass is 9.97. The third kappa shape index (κ3) is 6.12. The van der Waals surface area contributed by atoms with Crippen LogP contribution in [0, 0.1) is 0 Å². The smallest absolute Gasteiger partial charge is 0.0541 e. The second kappa shape index (κ2) is 14.8. The maximum Gasteiger partial charge on any atom is 0.0541 e. The molecule has 0 bridgehead atoms. The summed E-state index contributed by atoms with van der Waals surface area (Å²) < 4.78 is 2.40. The van der Waals surface area contributed by atoms with Crippen molar-refractivity contribution in [2.45, 2.75) is 0 Å². The van der Waals surface area contributed by atoms with Gasteiger partial charge in [0, 0.05) is 33.5 Å². The van der Waals surface area contributed by atoms with Crippen molar-refractivity contribution in [3.63, 3.8) is 0 Å². The lowest BCUT2D eigenvalue weighted by molar-refractivity contribution is 1.19. The van der Waals surface area contributed by atoms with Crippen LogP contribution in [0.15, 0.2) is 243 Å². The summed E-state index contributed by atoms with van der Waals surface area (Å²) in [6.45, 7) is 0. The van der Waals surface area contributed by atoms with Crippen molar-refractivity contribution in [1.82, 2.24) is 4.57 Å². The minimum absolute atomic E-state index is 1.10. The molecule has 62 heavy (non-hydrogen) atoms. The molecule has 0 amide bonds. The summed E-state index contributed by atoms with van der Waals surface area (Å²) in [5, 5.41) is 9.99. The monoisotopic (exact) mass is 788 g/mol. The second-order valence-corrected chi connectivity index (χ2v) is 16.1. The molecule has 0 aliphatic rings. The lowest BCUT2D eigenvalue weighted by Crippen LogP contribution is -2.09. The predicted molar refractivity (Wildman–Crippen MR) is 264 cm³/mol. The number of hydrogen-bond acceptors (Lipinski definition) is 1. The van der Waals surface area contributed by atoms with Crippen molar-refractivity contribution >= 4 is 71.2 Å². The number of fused-ring (bicyclic) bond motifs is 6. The molecule has 1 aromatic heterocycles. The van der Waals surface area contributed by atoms with Crippen LogP contribution in [0.1, 0.15) is 0 Å². The van der Waals surface area contributed by atoms with E-state index in [1.165, 1.54) is 93.2 Å². The topological polar surface area (TPSA) is 8.17 Å². The standard InChI is InChI=1S/C60H40N2/c1-2-14-47-39-52(37-25-41(47)11-1)62-59-22-8-7-19-57(59)58-40-48(30-38-60(58)62)42-23-31-49(32-24-42)61(50-33-26-45(27-34-50)55-20-9-15-43-12-3-5-17-53(43)55)51-35-28-46(29-36-51)56-21-10-16-44-13-4-6-18-54(44)56/h1-40H. The second-order valence-electron chi connectivity index (χ2n) is 16.1. The van der Waals surface area contributed by atoms with Gasteiger partial charge in [0.1, 0.15) is 0 Å². The van der Waals surface area contributed by atoms with Gasteiger partial charge in [-0.2, -0.15) is 0 Å². The lowest BCUT2D eigenvalue weighted by Gasteiger charge is -2.26. The fourth-order valence-corrected chi connectivity index (χ4v) is 9.53. The van der Waals surface area contributed by atoms with E-state index in [9.17, 15) is 0 Å². The van der Waals surface area contributed by atoms with E-state index in [0.717, 1.165) is 17.1 Å². The molecule has 1 heterocycles. The highest BCUT2D eigenvalue weighted by atomic mass is 15.1. The molecule has 0 aliphatic carbocycles. The molecule has 12 aromatic rings. The maximum atomic E-state index is 2.40. The van der Waals surface area contributed by atoms with E-state index >= 15 is 0 Å². The summed E-state index contributed by atoms with van der Waals surface area (Å²) in [6.07, 6.45) is 0. The Morgan fingerprint density at radius 1 is 0.258 bits per heavy atom. The number of hydrogen-bond donors (Lipinski definition) is 0. The van der Waals surface area contributed by atoms with Gasteiger partial charge in [0.05, 0.1) is 11.0 Å². The van der Waals surface area contributed by atoms with Crippen molar-refractivity contribution in [3.05, 3.63) is 243 Å². The SMILES string of the molecule is c1ccc2cc(-n3c4ccccc4c4cc(-c5ccc(N(c6ccc(-c7cccc8ccccc78)cc6)c6ccc(-c7cccc8ccccc78)cc6)cc5)ccc43)ccc2c1. The van der Waals surface area contributed by atoms with Gasteiger partial charge in [-0.3, -0.25) is 0 Å². The van der Waals surface area contributed by atoms with Crippen molar-refractivity contribution in [2.75, 3.05) is 4.90 Å². The molecule has 290 valence electrons. The molecule has 0 aliphatic heterocycles. The van der Waals surface area contributed by atoms with Gasteiger partial charge < -0.3 is 9.47 Å². The van der Waals surface area contributed by atoms with Crippen LogP contribution in [0.5, 0.6) is 0 Å². The third-order valence-electron chi connectivity index (χ3n) is 12.6. The van der Waals surface area contributed by atoms with E-state index in [1.54, 1.807) is 0 Å². The predicted octanol–water partition coefficient (Wildman–Crippen LogP) is 16.7. The zero-order valence-corrected chi connectivity index (χ0v) is 34.0. The largest absolute Gasteiger partial charge is 0.311 e. The summed E-state index contributed by atoms with van der Waals surface area (Å²) in [5.74, 6) is 0. The average molecular weight is 789 g/mol. The van der Waals surface area contributed by atoms with E-state index in [-0.39, 0.29) is 0 Å². The van der Waals surface area contributed by atoms with Crippen LogP contribution in [-0.2, 0) is 0 Å². The minimum Gasteiger partial charge on any atom is -0.311 e. The molecule has 0 fully saturated rings. The summed E-state index contributed by atoms with van der Waals surface area (Å²) >= 11 is 0. The highest BCUT2D eigenvalue weighted by Crippen LogP contribution is 2.41. The zero-order valence-electron chi connectivity index (χ0n) is 34.0. The fraction of sp³-hybridized carbons (Fsp3) is 0. The Balaban J connectivity index is 0.934. The molecule has 2 heteroatoms. The van der Waals surface area contributed by atoms with E-state index < -0.39 is 0 Å². The number of rotatable bonds is 7. The first kappa shape index (κ1) is 35.7. The summed E-state index contributed by atoms with van der Waals surface area (Å²) in [7, 11) is 0. The third-order valence-corrected chi connectivity index (χ3v) is 12.6. The number of para-hydroxylation sites is 1. The van der Waals surface area contributed by atoms with Gasteiger partial charge in [-0.1, -0.05) is 176 Å². The molecule has 12 rings (SSSR count). The Hall–Kier alpha value is -8.20. The van der Waals surface area contributed by atoms with Crippen LogP contribution < -0.4 is 4.90 Å². The molecule has 0 unspecified atom stereocenters. The van der Waals surface area contributed by atoms with Gasteiger partial charge in [0.25, 0.3) is 0 Å². The maximum absolute atomic E-state index is 2.40. The molecule has 2 nitrogen and oxygen atoms in total. The van der Waals surface area contributed by atoms with E-state index in [1.807, 2.05) is 0 Å². The molecule has 0 N–H and O–H groups in total. The Morgan fingerprint density at radius 3 is 1.31 bits per heavy atom. The Morgan fingerprint density at radius 2 is 0.710 bits per heavy atom. The molecule has 0 saturated heterocycles. The number of anilines is 3. The Labute approximate surface area is 360 Å². The van der Waals surface area contributed by atoms with Crippen LogP contribution in [0.4, 0.5) is 17.1 Å². The summed E-state index contributed by atoms with van der Waals surface area (Å²) in [5.41, 5.74) is 14.1.